The highest BCUT2D eigenvalue weighted by molar-refractivity contribution is 9.10. The minimum atomic E-state index is -0.0539. The fourth-order valence-electron chi connectivity index (χ4n) is 3.03. The van der Waals surface area contributed by atoms with Crippen molar-refractivity contribution in [3.63, 3.8) is 0 Å². The number of hydrogen-bond donors (Lipinski definition) is 0. The van der Waals surface area contributed by atoms with E-state index in [1.807, 2.05) is 7.05 Å². The molecular weight excluding hydrogens is 348 g/mol. The molecule has 1 atom stereocenters. The fourth-order valence-corrected chi connectivity index (χ4v) is 3.47. The molecule has 5 nitrogen and oxygen atoms in total. The Morgan fingerprint density at radius 2 is 2.14 bits per heavy atom. The number of amides is 1. The van der Waals surface area contributed by atoms with Crippen LogP contribution in [0, 0.1) is 0 Å². The number of carbonyl (C=O) groups is 1. The van der Waals surface area contributed by atoms with Crippen molar-refractivity contribution in [2.45, 2.75) is 25.9 Å². The van der Waals surface area contributed by atoms with E-state index in [2.05, 4.69) is 27.8 Å². The Balaban J connectivity index is 2.34. The quantitative estimate of drug-likeness (QED) is 0.798. The maximum atomic E-state index is 12.9. The van der Waals surface area contributed by atoms with Crippen LogP contribution >= 0.6 is 15.9 Å². The van der Waals surface area contributed by atoms with Gasteiger partial charge >= 0.3 is 0 Å². The van der Waals surface area contributed by atoms with Crippen molar-refractivity contribution in [1.29, 1.82) is 0 Å². The standard InChI is InChI=1S/C16H23BrN2O3/c1-5-19-8-6-7-14(19)18(2)16(20)12-9-11(17)10-13(21-3)15(12)22-4/h9-10,14H,5-8H2,1-4H3/t14-/m1/s1. The first kappa shape index (κ1) is 17.1. The van der Waals surface area contributed by atoms with Crippen LogP contribution < -0.4 is 9.47 Å². The normalized spacial score (nSPS) is 18.3. The molecule has 1 amide bonds. The van der Waals surface area contributed by atoms with Crippen LogP contribution in [0.25, 0.3) is 0 Å². The Labute approximate surface area is 140 Å². The van der Waals surface area contributed by atoms with Crippen molar-refractivity contribution >= 4 is 21.8 Å². The van der Waals surface area contributed by atoms with Crippen LogP contribution in [-0.2, 0) is 0 Å². The van der Waals surface area contributed by atoms with Crippen molar-refractivity contribution in [3.05, 3.63) is 22.2 Å². The minimum absolute atomic E-state index is 0.0539. The maximum absolute atomic E-state index is 12.9. The van der Waals surface area contributed by atoms with Gasteiger partial charge in [-0.3, -0.25) is 9.69 Å². The van der Waals surface area contributed by atoms with E-state index in [0.29, 0.717) is 17.1 Å². The number of benzene rings is 1. The second-order valence-electron chi connectivity index (χ2n) is 5.36. The summed E-state index contributed by atoms with van der Waals surface area (Å²) in [6.07, 6.45) is 2.27. The zero-order valence-corrected chi connectivity index (χ0v) is 15.1. The van der Waals surface area contributed by atoms with Crippen LogP contribution in [0.3, 0.4) is 0 Å². The monoisotopic (exact) mass is 370 g/mol. The molecule has 1 aliphatic rings. The third-order valence-electron chi connectivity index (χ3n) is 4.18. The highest BCUT2D eigenvalue weighted by Crippen LogP contribution is 2.36. The Bertz CT molecular complexity index is 550. The van der Waals surface area contributed by atoms with E-state index >= 15 is 0 Å². The van der Waals surface area contributed by atoms with Gasteiger partial charge in [0.2, 0.25) is 0 Å². The number of likely N-dealkylation sites (tertiary alicyclic amines) is 1. The van der Waals surface area contributed by atoms with E-state index in [-0.39, 0.29) is 12.1 Å². The third kappa shape index (κ3) is 3.22. The number of halogens is 1. The molecule has 1 saturated heterocycles. The maximum Gasteiger partial charge on any atom is 0.258 e. The van der Waals surface area contributed by atoms with Crippen molar-refractivity contribution in [3.8, 4) is 11.5 Å². The molecule has 1 heterocycles. The first-order chi connectivity index (χ1) is 10.5. The zero-order valence-electron chi connectivity index (χ0n) is 13.6. The number of nitrogens with zero attached hydrogens (tertiary/aromatic N) is 2. The highest BCUT2D eigenvalue weighted by atomic mass is 79.9. The second-order valence-corrected chi connectivity index (χ2v) is 6.27. The first-order valence-corrected chi connectivity index (χ1v) is 8.25. The molecule has 0 unspecified atom stereocenters. The lowest BCUT2D eigenvalue weighted by atomic mass is 10.1. The Morgan fingerprint density at radius 3 is 2.73 bits per heavy atom. The van der Waals surface area contributed by atoms with E-state index in [0.717, 1.165) is 30.4 Å². The van der Waals surface area contributed by atoms with Gasteiger partial charge in [0.25, 0.3) is 5.91 Å². The summed E-state index contributed by atoms with van der Waals surface area (Å²) >= 11 is 3.43. The molecule has 1 aromatic rings. The molecule has 1 fully saturated rings. The number of carbonyl (C=O) groups excluding carboxylic acids is 1. The largest absolute Gasteiger partial charge is 0.493 e. The number of rotatable bonds is 5. The van der Waals surface area contributed by atoms with E-state index < -0.39 is 0 Å². The summed E-state index contributed by atoms with van der Waals surface area (Å²) in [4.78, 5) is 17.1. The third-order valence-corrected chi connectivity index (χ3v) is 4.63. The topological polar surface area (TPSA) is 42.0 Å². The molecule has 2 rings (SSSR count). The minimum Gasteiger partial charge on any atom is -0.493 e. The average molecular weight is 371 g/mol. The van der Waals surface area contributed by atoms with E-state index in [9.17, 15) is 4.79 Å². The van der Waals surface area contributed by atoms with Gasteiger partial charge in [-0.2, -0.15) is 0 Å². The van der Waals surface area contributed by atoms with Crippen LogP contribution in [0.5, 0.6) is 11.5 Å². The molecular formula is C16H23BrN2O3. The van der Waals surface area contributed by atoms with Gasteiger partial charge in [0.1, 0.15) is 0 Å². The molecule has 1 aliphatic heterocycles. The summed E-state index contributed by atoms with van der Waals surface area (Å²) < 4.78 is 11.5. The molecule has 0 bridgehead atoms. The molecule has 22 heavy (non-hydrogen) atoms. The molecule has 0 radical (unpaired) electrons. The molecule has 122 valence electrons. The van der Waals surface area contributed by atoms with Crippen LogP contribution in [0.1, 0.15) is 30.1 Å². The average Bonchev–Trinajstić information content (AvgIpc) is 3.00. The number of hydrogen-bond acceptors (Lipinski definition) is 4. The van der Waals surface area contributed by atoms with Gasteiger partial charge in [0.05, 0.1) is 25.9 Å². The van der Waals surface area contributed by atoms with Crippen molar-refractivity contribution in [2.75, 3.05) is 34.4 Å². The summed E-state index contributed by atoms with van der Waals surface area (Å²) in [5, 5.41) is 0. The number of ether oxygens (including phenoxy) is 2. The molecule has 0 aromatic heterocycles. The zero-order chi connectivity index (χ0) is 16.3. The Hall–Kier alpha value is -1.27. The van der Waals surface area contributed by atoms with Crippen LogP contribution in [0.2, 0.25) is 0 Å². The van der Waals surface area contributed by atoms with Gasteiger partial charge in [0.15, 0.2) is 11.5 Å². The summed E-state index contributed by atoms with van der Waals surface area (Å²) in [6.45, 7) is 4.11. The Kier molecular flexibility index (Phi) is 5.69. The molecule has 0 aliphatic carbocycles. The van der Waals surface area contributed by atoms with Gasteiger partial charge in [0, 0.05) is 18.1 Å². The van der Waals surface area contributed by atoms with Gasteiger partial charge in [-0.1, -0.05) is 22.9 Å². The molecule has 0 saturated carbocycles. The summed E-state index contributed by atoms with van der Waals surface area (Å²) in [5.74, 6) is 0.970. The Morgan fingerprint density at radius 1 is 1.41 bits per heavy atom. The summed E-state index contributed by atoms with van der Waals surface area (Å²) in [5.41, 5.74) is 0.513. The second kappa shape index (κ2) is 7.33. The van der Waals surface area contributed by atoms with Crippen molar-refractivity contribution in [2.24, 2.45) is 0 Å². The smallest absolute Gasteiger partial charge is 0.258 e. The highest BCUT2D eigenvalue weighted by Gasteiger charge is 2.31. The summed E-state index contributed by atoms with van der Waals surface area (Å²) in [7, 11) is 4.97. The van der Waals surface area contributed by atoms with E-state index in [1.165, 1.54) is 0 Å². The molecule has 1 aromatic carbocycles. The van der Waals surface area contributed by atoms with Crippen LogP contribution in [0.15, 0.2) is 16.6 Å². The fraction of sp³-hybridized carbons (Fsp3) is 0.562. The van der Waals surface area contributed by atoms with Gasteiger partial charge in [-0.15, -0.1) is 0 Å². The van der Waals surface area contributed by atoms with E-state index in [1.54, 1.807) is 31.3 Å². The lowest BCUT2D eigenvalue weighted by Crippen LogP contribution is -2.45. The first-order valence-electron chi connectivity index (χ1n) is 7.46. The van der Waals surface area contributed by atoms with Gasteiger partial charge in [-0.05, 0) is 31.5 Å². The van der Waals surface area contributed by atoms with Crippen molar-refractivity contribution in [1.82, 2.24) is 9.80 Å². The SMILES string of the molecule is CCN1CCC[C@@H]1N(C)C(=O)c1cc(Br)cc(OC)c1OC. The molecule has 0 spiro atoms. The summed E-state index contributed by atoms with van der Waals surface area (Å²) in [6, 6.07) is 3.58. The lowest BCUT2D eigenvalue weighted by molar-refractivity contribution is 0.0544. The van der Waals surface area contributed by atoms with Crippen LogP contribution in [0.4, 0.5) is 0 Å². The predicted molar refractivity (Wildman–Crippen MR) is 89.6 cm³/mol. The van der Waals surface area contributed by atoms with E-state index in [4.69, 9.17) is 9.47 Å². The van der Waals surface area contributed by atoms with Crippen molar-refractivity contribution < 1.29 is 14.3 Å². The predicted octanol–water partition coefficient (Wildman–Crippen LogP) is 2.98. The van der Waals surface area contributed by atoms with Gasteiger partial charge in [-0.25, -0.2) is 0 Å². The van der Waals surface area contributed by atoms with Gasteiger partial charge < -0.3 is 14.4 Å². The molecule has 6 heteroatoms. The number of methoxy groups -OCH3 is 2. The van der Waals surface area contributed by atoms with Crippen LogP contribution in [-0.4, -0.2) is 56.2 Å². The molecule has 0 N–H and O–H groups in total. The lowest BCUT2D eigenvalue weighted by Gasteiger charge is -2.32.